The molecule has 0 fully saturated rings. The fraction of sp³-hybridized carbons (Fsp3) is 0.143. The number of benzene rings is 2. The van der Waals surface area contributed by atoms with Crippen molar-refractivity contribution >= 4 is 23.2 Å². The van der Waals surface area contributed by atoms with Crippen LogP contribution in [0.15, 0.2) is 54.7 Å². The molecule has 136 valence electrons. The summed E-state index contributed by atoms with van der Waals surface area (Å²) in [7, 11) is 1.71. The Bertz CT molecular complexity index is 1000. The average Bonchev–Trinajstić information content (AvgIpc) is 3.07. The number of para-hydroxylation sites is 1. The van der Waals surface area contributed by atoms with E-state index in [-0.39, 0.29) is 12.5 Å². The summed E-state index contributed by atoms with van der Waals surface area (Å²) in [5.41, 5.74) is 2.69. The lowest BCUT2D eigenvalue weighted by molar-refractivity contribution is 0.0992. The van der Waals surface area contributed by atoms with E-state index in [0.29, 0.717) is 22.0 Å². The molecule has 0 saturated carbocycles. The number of hydrogen-bond donors (Lipinski definition) is 0. The number of rotatable bonds is 5. The van der Waals surface area contributed by atoms with E-state index >= 15 is 0 Å². The minimum atomic E-state index is -0.164. The standard InChI is InChI=1S/C21H18ClN3O2/c1-4-13-27-17-11-9-16(10-12-17)24(3)21(26)18-14-23-25(15(18)2)20-8-6-5-7-19(20)22/h1,5-12,14H,13H2,2-3H3. The van der Waals surface area contributed by atoms with E-state index in [2.05, 4.69) is 11.0 Å². The molecule has 1 heterocycles. The predicted molar refractivity (Wildman–Crippen MR) is 107 cm³/mol. The quantitative estimate of drug-likeness (QED) is 0.626. The van der Waals surface area contributed by atoms with Gasteiger partial charge in [0.25, 0.3) is 5.91 Å². The van der Waals surface area contributed by atoms with Gasteiger partial charge >= 0.3 is 0 Å². The van der Waals surface area contributed by atoms with E-state index in [1.165, 1.54) is 0 Å². The molecule has 0 aliphatic carbocycles. The van der Waals surface area contributed by atoms with Crippen molar-refractivity contribution in [2.24, 2.45) is 0 Å². The molecule has 0 bridgehead atoms. The molecule has 0 aliphatic rings. The average molecular weight is 380 g/mol. The number of anilines is 1. The summed E-state index contributed by atoms with van der Waals surface area (Å²) in [5.74, 6) is 2.90. The lowest BCUT2D eigenvalue weighted by atomic mass is 10.2. The van der Waals surface area contributed by atoms with Gasteiger partial charge in [0.05, 0.1) is 28.2 Å². The van der Waals surface area contributed by atoms with E-state index < -0.39 is 0 Å². The number of nitrogens with zero attached hydrogens (tertiary/aromatic N) is 3. The van der Waals surface area contributed by atoms with Crippen molar-refractivity contribution in [3.05, 3.63) is 71.0 Å². The van der Waals surface area contributed by atoms with Crippen LogP contribution in [-0.4, -0.2) is 29.3 Å². The molecule has 0 N–H and O–H groups in total. The fourth-order valence-corrected chi connectivity index (χ4v) is 2.89. The van der Waals surface area contributed by atoms with Gasteiger partial charge in [-0.2, -0.15) is 5.10 Å². The van der Waals surface area contributed by atoms with Crippen LogP contribution in [0, 0.1) is 19.3 Å². The molecule has 0 radical (unpaired) electrons. The van der Waals surface area contributed by atoms with Gasteiger partial charge in [0, 0.05) is 12.7 Å². The molecule has 6 heteroatoms. The second-order valence-electron chi connectivity index (χ2n) is 5.86. The van der Waals surface area contributed by atoms with Crippen LogP contribution in [0.25, 0.3) is 5.69 Å². The zero-order chi connectivity index (χ0) is 19.4. The molecule has 3 rings (SSSR count). The number of ether oxygens (including phenoxy) is 1. The highest BCUT2D eigenvalue weighted by atomic mass is 35.5. The maximum Gasteiger partial charge on any atom is 0.261 e. The molecule has 2 aromatic carbocycles. The van der Waals surface area contributed by atoms with Crippen molar-refractivity contribution in [1.82, 2.24) is 9.78 Å². The summed E-state index contributed by atoms with van der Waals surface area (Å²) >= 11 is 6.25. The van der Waals surface area contributed by atoms with Gasteiger partial charge in [-0.05, 0) is 43.3 Å². The van der Waals surface area contributed by atoms with Gasteiger partial charge in [0.15, 0.2) is 0 Å². The largest absolute Gasteiger partial charge is 0.481 e. The molecule has 0 saturated heterocycles. The van der Waals surface area contributed by atoms with Crippen LogP contribution in [-0.2, 0) is 0 Å². The van der Waals surface area contributed by atoms with Gasteiger partial charge in [-0.25, -0.2) is 4.68 Å². The maximum absolute atomic E-state index is 12.9. The minimum absolute atomic E-state index is 0.164. The predicted octanol–water partition coefficient (Wildman–Crippen LogP) is 4.12. The van der Waals surface area contributed by atoms with Crippen LogP contribution in [0.3, 0.4) is 0 Å². The van der Waals surface area contributed by atoms with Crippen LogP contribution in [0.4, 0.5) is 5.69 Å². The third-order valence-corrected chi connectivity index (χ3v) is 4.49. The monoisotopic (exact) mass is 379 g/mol. The highest BCUT2D eigenvalue weighted by molar-refractivity contribution is 6.32. The van der Waals surface area contributed by atoms with Crippen molar-refractivity contribution in [2.45, 2.75) is 6.92 Å². The van der Waals surface area contributed by atoms with Crippen LogP contribution >= 0.6 is 11.6 Å². The summed E-state index contributed by atoms with van der Waals surface area (Å²) in [4.78, 5) is 14.5. The lowest BCUT2D eigenvalue weighted by Gasteiger charge is -2.17. The van der Waals surface area contributed by atoms with Gasteiger partial charge in [-0.3, -0.25) is 4.79 Å². The first kappa shape index (κ1) is 18.6. The molecule has 0 unspecified atom stereocenters. The SMILES string of the molecule is C#CCOc1ccc(N(C)C(=O)c2cnn(-c3ccccc3Cl)c2C)cc1. The van der Waals surface area contributed by atoms with Crippen molar-refractivity contribution in [3.63, 3.8) is 0 Å². The Kier molecular flexibility index (Phi) is 5.49. The van der Waals surface area contributed by atoms with E-state index in [0.717, 1.165) is 11.4 Å². The Morgan fingerprint density at radius 2 is 1.96 bits per heavy atom. The molecule has 0 aliphatic heterocycles. The first-order valence-corrected chi connectivity index (χ1v) is 8.64. The zero-order valence-electron chi connectivity index (χ0n) is 15.0. The number of aromatic nitrogens is 2. The van der Waals surface area contributed by atoms with Crippen LogP contribution in [0.5, 0.6) is 5.75 Å². The summed E-state index contributed by atoms with van der Waals surface area (Å²) in [6.07, 6.45) is 6.74. The van der Waals surface area contributed by atoms with E-state index in [1.807, 2.05) is 25.1 Å². The van der Waals surface area contributed by atoms with E-state index in [4.69, 9.17) is 22.8 Å². The molecule has 0 spiro atoms. The van der Waals surface area contributed by atoms with Crippen molar-refractivity contribution in [1.29, 1.82) is 0 Å². The van der Waals surface area contributed by atoms with E-state index in [9.17, 15) is 4.79 Å². The summed E-state index contributed by atoms with van der Waals surface area (Å²) in [5, 5.41) is 4.91. The molecule has 1 amide bonds. The smallest absolute Gasteiger partial charge is 0.261 e. The molecular formula is C21H18ClN3O2. The summed E-state index contributed by atoms with van der Waals surface area (Å²) in [6.45, 7) is 2.04. The number of amides is 1. The lowest BCUT2D eigenvalue weighted by Crippen LogP contribution is -2.26. The Hall–Kier alpha value is -3.23. The molecule has 1 aromatic heterocycles. The van der Waals surface area contributed by atoms with Crippen LogP contribution < -0.4 is 9.64 Å². The van der Waals surface area contributed by atoms with Crippen LogP contribution in [0.1, 0.15) is 16.1 Å². The second-order valence-corrected chi connectivity index (χ2v) is 6.26. The van der Waals surface area contributed by atoms with Crippen molar-refractivity contribution in [2.75, 3.05) is 18.6 Å². The normalized spacial score (nSPS) is 10.3. The Morgan fingerprint density at radius 1 is 1.26 bits per heavy atom. The molecule has 0 atom stereocenters. The molecule has 27 heavy (non-hydrogen) atoms. The number of carbonyl (C=O) groups excluding carboxylic acids is 1. The Balaban J connectivity index is 1.84. The first-order chi connectivity index (χ1) is 13.0. The highest BCUT2D eigenvalue weighted by Crippen LogP contribution is 2.24. The van der Waals surface area contributed by atoms with Gasteiger partial charge < -0.3 is 9.64 Å². The van der Waals surface area contributed by atoms with Gasteiger partial charge in [-0.15, -0.1) is 6.42 Å². The Labute approximate surface area is 163 Å². The zero-order valence-corrected chi connectivity index (χ0v) is 15.8. The fourth-order valence-electron chi connectivity index (χ4n) is 2.67. The first-order valence-electron chi connectivity index (χ1n) is 8.27. The number of halogens is 1. The highest BCUT2D eigenvalue weighted by Gasteiger charge is 2.20. The molecule has 5 nitrogen and oxygen atoms in total. The number of hydrogen-bond acceptors (Lipinski definition) is 3. The van der Waals surface area contributed by atoms with Gasteiger partial charge in [0.2, 0.25) is 0 Å². The van der Waals surface area contributed by atoms with E-state index in [1.54, 1.807) is 53.2 Å². The number of terminal acetylenes is 1. The number of carbonyl (C=O) groups is 1. The summed E-state index contributed by atoms with van der Waals surface area (Å²) in [6, 6.07) is 14.5. The summed E-state index contributed by atoms with van der Waals surface area (Å²) < 4.78 is 7.02. The van der Waals surface area contributed by atoms with Gasteiger partial charge in [0.1, 0.15) is 12.4 Å². The maximum atomic E-state index is 12.9. The van der Waals surface area contributed by atoms with Crippen molar-refractivity contribution < 1.29 is 9.53 Å². The minimum Gasteiger partial charge on any atom is -0.481 e. The van der Waals surface area contributed by atoms with Crippen LogP contribution in [0.2, 0.25) is 5.02 Å². The topological polar surface area (TPSA) is 47.4 Å². The molecular weight excluding hydrogens is 362 g/mol. The second kappa shape index (κ2) is 7.98. The third-order valence-electron chi connectivity index (χ3n) is 4.17. The Morgan fingerprint density at radius 3 is 2.63 bits per heavy atom. The third kappa shape index (κ3) is 3.81. The van der Waals surface area contributed by atoms with Gasteiger partial charge in [-0.1, -0.05) is 29.7 Å². The van der Waals surface area contributed by atoms with Crippen molar-refractivity contribution in [3.8, 4) is 23.8 Å². The molecule has 3 aromatic rings.